The summed E-state index contributed by atoms with van der Waals surface area (Å²) in [5, 5.41) is -0.611. The number of rotatable bonds is 6. The van der Waals surface area contributed by atoms with Gasteiger partial charge in [0, 0.05) is 43.2 Å². The molecule has 0 N–H and O–H groups in total. The Balaban J connectivity index is 1.47. The number of anilines is 1. The van der Waals surface area contributed by atoms with E-state index in [-0.39, 0.29) is 24.3 Å². The fourth-order valence-electron chi connectivity index (χ4n) is 5.17. The van der Waals surface area contributed by atoms with E-state index >= 15 is 4.39 Å². The highest BCUT2D eigenvalue weighted by atomic mass is 32.2. The molecule has 2 fully saturated rings. The van der Waals surface area contributed by atoms with Gasteiger partial charge < -0.3 is 4.90 Å². The molecule has 0 bridgehead atoms. The zero-order chi connectivity index (χ0) is 24.5. The van der Waals surface area contributed by atoms with Crippen LogP contribution in [0.2, 0.25) is 0 Å². The van der Waals surface area contributed by atoms with Gasteiger partial charge in [-0.2, -0.15) is 4.31 Å². The Bertz CT molecular complexity index is 1210. The number of hydrogen-bond acceptors (Lipinski definition) is 5. The van der Waals surface area contributed by atoms with Gasteiger partial charge in [-0.1, -0.05) is 36.4 Å². The highest BCUT2D eigenvalue weighted by molar-refractivity contribution is 7.90. The van der Waals surface area contributed by atoms with Crippen LogP contribution in [0.3, 0.4) is 0 Å². The topological polar surface area (TPSA) is 74.8 Å². The summed E-state index contributed by atoms with van der Waals surface area (Å²) in [5.41, 5.74) is 1.88. The van der Waals surface area contributed by atoms with Gasteiger partial charge in [0.15, 0.2) is 0 Å². The van der Waals surface area contributed by atoms with E-state index in [1.807, 2.05) is 43.3 Å². The van der Waals surface area contributed by atoms with Crippen molar-refractivity contribution in [2.75, 3.05) is 30.0 Å². The summed E-state index contributed by atoms with van der Waals surface area (Å²) in [7, 11) is -6.63. The zero-order valence-corrected chi connectivity index (χ0v) is 21.4. The maximum Gasteiger partial charge on any atom is 0.221 e. The van der Waals surface area contributed by atoms with Crippen LogP contribution in [0.5, 0.6) is 0 Å². The highest BCUT2D eigenvalue weighted by Gasteiger charge is 2.40. The van der Waals surface area contributed by atoms with Crippen molar-refractivity contribution < 1.29 is 21.2 Å². The van der Waals surface area contributed by atoms with Gasteiger partial charge in [0.2, 0.25) is 10.0 Å². The average molecular weight is 509 g/mol. The number of hydrogen-bond donors (Lipinski definition) is 0. The lowest BCUT2D eigenvalue weighted by Gasteiger charge is -2.37. The first-order valence-corrected chi connectivity index (χ1v) is 15.4. The van der Waals surface area contributed by atoms with E-state index < -0.39 is 30.9 Å². The van der Waals surface area contributed by atoms with Gasteiger partial charge in [-0.15, -0.1) is 0 Å². The third-order valence-corrected chi connectivity index (χ3v) is 10.5. The molecule has 0 amide bonds. The van der Waals surface area contributed by atoms with E-state index in [0.717, 1.165) is 30.5 Å². The van der Waals surface area contributed by atoms with Crippen LogP contribution >= 0.6 is 0 Å². The van der Waals surface area contributed by atoms with E-state index in [4.69, 9.17) is 0 Å². The molecule has 4 rings (SSSR count). The maximum atomic E-state index is 15.1. The minimum absolute atomic E-state index is 0.00931. The summed E-state index contributed by atoms with van der Waals surface area (Å²) in [5.74, 6) is -0.0839. The van der Waals surface area contributed by atoms with Crippen molar-refractivity contribution >= 4 is 25.5 Å². The van der Waals surface area contributed by atoms with Crippen molar-refractivity contribution in [2.24, 2.45) is 5.92 Å². The summed E-state index contributed by atoms with van der Waals surface area (Å²) in [6.45, 7) is 3.24. The predicted molar refractivity (Wildman–Crippen MR) is 133 cm³/mol. The average Bonchev–Trinajstić information content (AvgIpc) is 2.77. The van der Waals surface area contributed by atoms with Crippen LogP contribution in [-0.4, -0.2) is 52.3 Å². The molecule has 2 saturated heterocycles. The molecule has 2 aromatic rings. The second-order valence-corrected chi connectivity index (χ2v) is 14.0. The lowest BCUT2D eigenvalue weighted by atomic mass is 9.98. The molecule has 2 aromatic carbocycles. The van der Waals surface area contributed by atoms with Gasteiger partial charge in [0.1, 0.15) is 20.9 Å². The number of sulfone groups is 1. The smallest absolute Gasteiger partial charge is 0.221 e. The number of halogens is 1. The van der Waals surface area contributed by atoms with Crippen LogP contribution in [0.25, 0.3) is 0 Å². The normalized spacial score (nSPS) is 24.3. The number of piperidine rings is 1. The fourth-order valence-corrected chi connectivity index (χ4v) is 8.54. The molecule has 2 aliphatic heterocycles. The summed E-state index contributed by atoms with van der Waals surface area (Å²) in [6.07, 6.45) is 4.04. The summed E-state index contributed by atoms with van der Waals surface area (Å²) in [6, 6.07) is 14.0. The highest BCUT2D eigenvalue weighted by Crippen LogP contribution is 2.38. The molecule has 1 unspecified atom stereocenters. The van der Waals surface area contributed by atoms with Gasteiger partial charge in [-0.05, 0) is 56.2 Å². The Morgan fingerprint density at radius 2 is 1.68 bits per heavy atom. The fraction of sp³-hybridized carbons (Fsp3) is 0.520. The maximum absolute atomic E-state index is 15.1. The summed E-state index contributed by atoms with van der Waals surface area (Å²) in [4.78, 5) is 2.07. The molecule has 0 spiro atoms. The van der Waals surface area contributed by atoms with E-state index in [2.05, 4.69) is 4.90 Å². The molecule has 2 atom stereocenters. The lowest BCUT2D eigenvalue weighted by molar-refractivity contribution is 0.279. The number of benzene rings is 2. The molecule has 0 aromatic heterocycles. The molecule has 186 valence electrons. The van der Waals surface area contributed by atoms with Crippen molar-refractivity contribution in [2.45, 2.75) is 50.4 Å². The SMILES string of the molecule is C[C@H]1CCC(c2ccccc2)S(=O)(=O)N1Cc1ccc(N2CCC(CS(C)(=O)=O)CC2)cc1F. The van der Waals surface area contributed by atoms with Gasteiger partial charge >= 0.3 is 0 Å². The van der Waals surface area contributed by atoms with Crippen LogP contribution in [0, 0.1) is 11.7 Å². The van der Waals surface area contributed by atoms with E-state index in [0.29, 0.717) is 25.1 Å². The van der Waals surface area contributed by atoms with Crippen molar-refractivity contribution in [3.8, 4) is 0 Å². The second kappa shape index (κ2) is 9.95. The van der Waals surface area contributed by atoms with Crippen LogP contribution in [-0.2, 0) is 26.4 Å². The molecule has 2 heterocycles. The standard InChI is InChI=1S/C25H33FN2O4S2/c1-19-8-11-25(21-6-4-3-5-7-21)34(31,32)28(19)17-22-9-10-23(16-24(22)26)27-14-12-20(13-15-27)18-33(2,29)30/h3-7,9-10,16,19-20,25H,8,11-15,17-18H2,1-2H3/t19-,25?/m0/s1. The number of sulfonamides is 1. The third kappa shape index (κ3) is 5.63. The Morgan fingerprint density at radius 1 is 1.00 bits per heavy atom. The minimum Gasteiger partial charge on any atom is -0.371 e. The van der Waals surface area contributed by atoms with Crippen molar-refractivity contribution in [3.05, 3.63) is 65.5 Å². The second-order valence-electron chi connectivity index (χ2n) is 9.71. The first kappa shape index (κ1) is 25.1. The van der Waals surface area contributed by atoms with Gasteiger partial charge in [-0.3, -0.25) is 0 Å². The quantitative estimate of drug-likeness (QED) is 0.586. The van der Waals surface area contributed by atoms with Gasteiger partial charge in [0.25, 0.3) is 0 Å². The van der Waals surface area contributed by atoms with Crippen LogP contribution in [0.15, 0.2) is 48.5 Å². The molecule has 0 radical (unpaired) electrons. The van der Waals surface area contributed by atoms with Crippen molar-refractivity contribution in [3.63, 3.8) is 0 Å². The molecular formula is C25H33FN2O4S2. The van der Waals surface area contributed by atoms with Crippen molar-refractivity contribution in [1.29, 1.82) is 0 Å². The Kier molecular flexibility index (Phi) is 7.36. The predicted octanol–water partition coefficient (Wildman–Crippen LogP) is 4.14. The summed E-state index contributed by atoms with van der Waals surface area (Å²) < 4.78 is 66.6. The molecular weight excluding hydrogens is 475 g/mol. The van der Waals surface area contributed by atoms with Crippen LogP contribution in [0.1, 0.15) is 49.0 Å². The molecule has 6 nitrogen and oxygen atoms in total. The Morgan fingerprint density at radius 3 is 2.29 bits per heavy atom. The molecule has 2 aliphatic rings. The van der Waals surface area contributed by atoms with E-state index in [1.165, 1.54) is 16.6 Å². The molecule has 0 saturated carbocycles. The monoisotopic (exact) mass is 508 g/mol. The van der Waals surface area contributed by atoms with Crippen LogP contribution in [0.4, 0.5) is 10.1 Å². The van der Waals surface area contributed by atoms with Crippen LogP contribution < -0.4 is 4.90 Å². The van der Waals surface area contributed by atoms with E-state index in [1.54, 1.807) is 6.07 Å². The largest absolute Gasteiger partial charge is 0.371 e. The Hall–Kier alpha value is -1.97. The molecule has 34 heavy (non-hydrogen) atoms. The Labute approximate surface area is 202 Å². The first-order chi connectivity index (χ1) is 16.0. The molecule has 0 aliphatic carbocycles. The first-order valence-electron chi connectivity index (χ1n) is 11.8. The van der Waals surface area contributed by atoms with Crippen molar-refractivity contribution in [1.82, 2.24) is 4.31 Å². The lowest BCUT2D eigenvalue weighted by Crippen LogP contribution is -2.44. The number of nitrogens with zero attached hydrogens (tertiary/aromatic N) is 2. The van der Waals surface area contributed by atoms with Gasteiger partial charge in [-0.25, -0.2) is 21.2 Å². The van der Waals surface area contributed by atoms with E-state index in [9.17, 15) is 16.8 Å². The van der Waals surface area contributed by atoms with Gasteiger partial charge in [0.05, 0.1) is 5.75 Å². The minimum atomic E-state index is -3.63. The third-order valence-electron chi connectivity index (χ3n) is 7.08. The molecule has 9 heteroatoms. The summed E-state index contributed by atoms with van der Waals surface area (Å²) >= 11 is 0. The zero-order valence-electron chi connectivity index (χ0n) is 19.7.